The molecule has 0 atom stereocenters. The molecule has 0 radical (unpaired) electrons. The van der Waals surface area contributed by atoms with Gasteiger partial charge in [-0.2, -0.15) is 0 Å². The smallest absolute Gasteiger partial charge is 0.0207 e. The van der Waals surface area contributed by atoms with Crippen LogP contribution in [-0.4, -0.2) is 0 Å². The van der Waals surface area contributed by atoms with Gasteiger partial charge in [0.15, 0.2) is 0 Å². The lowest BCUT2D eigenvalue weighted by atomic mass is 9.91. The number of benzene rings is 7. The quantitative estimate of drug-likeness (QED) is 0.173. The van der Waals surface area contributed by atoms with Crippen LogP contribution in [0.4, 0.5) is 0 Å². The standard InChI is InChI=1S/C34H20S/c1-2-7-26-21(6-1)12-14-24-18-22-13-15-23(19-25(22)20-31(24)26)27-16-17-33-34-29(27)9-5-10-30(34)28-8-3-4-11-32(28)35-33/h1-20H. The maximum Gasteiger partial charge on any atom is 0.0207 e. The Labute approximate surface area is 207 Å². The first-order valence-corrected chi connectivity index (χ1v) is 12.8. The molecule has 162 valence electrons. The number of hydrogen-bond acceptors (Lipinski definition) is 1. The molecule has 0 spiro atoms. The summed E-state index contributed by atoms with van der Waals surface area (Å²) in [4.78, 5) is 2.68. The molecule has 0 aromatic heterocycles. The molecule has 0 nitrogen and oxygen atoms in total. The molecule has 7 aromatic rings. The summed E-state index contributed by atoms with van der Waals surface area (Å²) in [5, 5.41) is 10.5. The van der Waals surface area contributed by atoms with E-state index < -0.39 is 0 Å². The second-order valence-corrected chi connectivity index (χ2v) is 10.4. The van der Waals surface area contributed by atoms with Crippen LogP contribution in [0.1, 0.15) is 0 Å². The van der Waals surface area contributed by atoms with Crippen molar-refractivity contribution >= 4 is 54.9 Å². The van der Waals surface area contributed by atoms with E-state index >= 15 is 0 Å². The van der Waals surface area contributed by atoms with Gasteiger partial charge in [0.25, 0.3) is 0 Å². The summed E-state index contributed by atoms with van der Waals surface area (Å²) in [5.41, 5.74) is 5.24. The van der Waals surface area contributed by atoms with E-state index in [2.05, 4.69) is 121 Å². The summed E-state index contributed by atoms with van der Waals surface area (Å²) in [6.45, 7) is 0. The third kappa shape index (κ3) is 2.82. The lowest BCUT2D eigenvalue weighted by Gasteiger charge is -2.21. The summed E-state index contributed by atoms with van der Waals surface area (Å²) in [5.74, 6) is 0. The van der Waals surface area contributed by atoms with Gasteiger partial charge in [-0.15, -0.1) is 0 Å². The molecule has 8 rings (SSSR count). The van der Waals surface area contributed by atoms with Gasteiger partial charge in [-0.25, -0.2) is 0 Å². The van der Waals surface area contributed by atoms with E-state index in [4.69, 9.17) is 0 Å². The largest absolute Gasteiger partial charge is 0.0888 e. The van der Waals surface area contributed by atoms with E-state index in [0.29, 0.717) is 0 Å². The minimum Gasteiger partial charge on any atom is -0.0888 e. The van der Waals surface area contributed by atoms with Gasteiger partial charge in [-0.1, -0.05) is 103 Å². The second kappa shape index (κ2) is 7.21. The van der Waals surface area contributed by atoms with Crippen LogP contribution in [0.25, 0.3) is 65.3 Å². The molecule has 7 aromatic carbocycles. The van der Waals surface area contributed by atoms with Gasteiger partial charge < -0.3 is 0 Å². The topological polar surface area (TPSA) is 0 Å². The Kier molecular flexibility index (Phi) is 3.97. The van der Waals surface area contributed by atoms with Crippen molar-refractivity contribution < 1.29 is 0 Å². The van der Waals surface area contributed by atoms with Gasteiger partial charge in [-0.05, 0) is 90.3 Å². The summed E-state index contributed by atoms with van der Waals surface area (Å²) < 4.78 is 0. The highest BCUT2D eigenvalue weighted by atomic mass is 32.2. The number of fused-ring (bicyclic) bond motifs is 6. The van der Waals surface area contributed by atoms with Crippen molar-refractivity contribution in [2.45, 2.75) is 9.79 Å². The fraction of sp³-hybridized carbons (Fsp3) is 0. The number of rotatable bonds is 1. The first-order chi connectivity index (χ1) is 17.3. The van der Waals surface area contributed by atoms with Gasteiger partial charge in [0, 0.05) is 15.2 Å². The van der Waals surface area contributed by atoms with Gasteiger partial charge in [0.1, 0.15) is 0 Å². The van der Waals surface area contributed by atoms with Gasteiger partial charge in [0.2, 0.25) is 0 Å². The minimum absolute atomic E-state index is 1.27. The molecule has 1 heterocycles. The van der Waals surface area contributed by atoms with Crippen molar-refractivity contribution in [2.75, 3.05) is 0 Å². The fourth-order valence-corrected chi connectivity index (χ4v) is 6.88. The molecule has 0 N–H and O–H groups in total. The van der Waals surface area contributed by atoms with Crippen molar-refractivity contribution in [2.24, 2.45) is 0 Å². The Morgan fingerprint density at radius 3 is 2.17 bits per heavy atom. The summed E-state index contributed by atoms with van der Waals surface area (Å²) >= 11 is 1.88. The molecule has 0 fully saturated rings. The Bertz CT molecular complexity index is 1980. The third-order valence-electron chi connectivity index (χ3n) is 7.41. The zero-order valence-corrected chi connectivity index (χ0v) is 19.8. The van der Waals surface area contributed by atoms with Crippen molar-refractivity contribution in [1.29, 1.82) is 0 Å². The van der Waals surface area contributed by atoms with Crippen LogP contribution in [0.5, 0.6) is 0 Å². The lowest BCUT2D eigenvalue weighted by molar-refractivity contribution is 1.40. The highest BCUT2D eigenvalue weighted by Gasteiger charge is 2.20. The van der Waals surface area contributed by atoms with E-state index in [1.54, 1.807) is 0 Å². The van der Waals surface area contributed by atoms with Gasteiger partial charge >= 0.3 is 0 Å². The molecular formula is C34H20S. The third-order valence-corrected chi connectivity index (χ3v) is 8.55. The number of hydrogen-bond donors (Lipinski definition) is 0. The average Bonchev–Trinajstić information content (AvgIpc) is 2.92. The van der Waals surface area contributed by atoms with Crippen molar-refractivity contribution in [1.82, 2.24) is 0 Å². The molecule has 1 aliphatic heterocycles. The van der Waals surface area contributed by atoms with E-state index in [0.717, 1.165) is 0 Å². The Hall–Kier alpha value is -4.07. The molecule has 0 aliphatic carbocycles. The molecule has 0 bridgehead atoms. The second-order valence-electron chi connectivity index (χ2n) is 9.36. The zero-order valence-electron chi connectivity index (χ0n) is 19.0. The summed E-state index contributed by atoms with van der Waals surface area (Å²) in [6.07, 6.45) is 0. The van der Waals surface area contributed by atoms with Crippen molar-refractivity contribution in [3.05, 3.63) is 121 Å². The Morgan fingerprint density at radius 1 is 0.371 bits per heavy atom. The molecule has 1 heteroatoms. The highest BCUT2D eigenvalue weighted by molar-refractivity contribution is 7.99. The normalized spacial score (nSPS) is 12.5. The average molecular weight is 461 g/mol. The highest BCUT2D eigenvalue weighted by Crippen LogP contribution is 2.49. The monoisotopic (exact) mass is 460 g/mol. The predicted octanol–water partition coefficient (Wildman–Crippen LogP) is 10.1. The van der Waals surface area contributed by atoms with Gasteiger partial charge in [-0.3, -0.25) is 0 Å². The van der Waals surface area contributed by atoms with E-state index in [9.17, 15) is 0 Å². The van der Waals surface area contributed by atoms with Crippen LogP contribution in [0.15, 0.2) is 131 Å². The van der Waals surface area contributed by atoms with Crippen LogP contribution in [-0.2, 0) is 0 Å². The maximum atomic E-state index is 2.37. The van der Waals surface area contributed by atoms with Crippen LogP contribution in [0.3, 0.4) is 0 Å². The predicted molar refractivity (Wildman–Crippen MR) is 151 cm³/mol. The van der Waals surface area contributed by atoms with Crippen LogP contribution in [0, 0.1) is 0 Å². The maximum absolute atomic E-state index is 2.37. The molecule has 0 saturated carbocycles. The lowest BCUT2D eigenvalue weighted by Crippen LogP contribution is -1.94. The van der Waals surface area contributed by atoms with E-state index in [1.807, 2.05) is 11.8 Å². The molecule has 35 heavy (non-hydrogen) atoms. The molecular weight excluding hydrogens is 440 g/mol. The van der Waals surface area contributed by atoms with Crippen LogP contribution >= 0.6 is 11.8 Å². The van der Waals surface area contributed by atoms with E-state index in [-0.39, 0.29) is 0 Å². The van der Waals surface area contributed by atoms with Gasteiger partial charge in [0.05, 0.1) is 0 Å². The Morgan fingerprint density at radius 2 is 1.17 bits per heavy atom. The molecule has 0 unspecified atom stereocenters. The van der Waals surface area contributed by atoms with E-state index in [1.165, 1.54) is 75.1 Å². The van der Waals surface area contributed by atoms with Crippen molar-refractivity contribution in [3.8, 4) is 22.3 Å². The first kappa shape index (κ1) is 19.3. The molecule has 0 saturated heterocycles. The summed E-state index contributed by atoms with van der Waals surface area (Å²) in [6, 6.07) is 44.9. The minimum atomic E-state index is 1.27. The SMILES string of the molecule is c1ccc2c(c1)Sc1ccc(-c3ccc4cc5ccc6ccccc6c5cc4c3)c3cccc-2c13. The molecule has 0 amide bonds. The summed E-state index contributed by atoms with van der Waals surface area (Å²) in [7, 11) is 0. The fourth-order valence-electron chi connectivity index (χ4n) is 5.75. The molecule has 1 aliphatic rings. The zero-order chi connectivity index (χ0) is 22.9. The Balaban J connectivity index is 1.38. The van der Waals surface area contributed by atoms with Crippen LogP contribution < -0.4 is 0 Å². The van der Waals surface area contributed by atoms with Crippen molar-refractivity contribution in [3.63, 3.8) is 0 Å². The first-order valence-electron chi connectivity index (χ1n) is 12.0. The van der Waals surface area contributed by atoms with Crippen LogP contribution in [0.2, 0.25) is 0 Å².